The van der Waals surface area contributed by atoms with E-state index in [1.165, 1.54) is 5.56 Å². The highest BCUT2D eigenvalue weighted by Crippen LogP contribution is 2.26. The van der Waals surface area contributed by atoms with Crippen LogP contribution in [0.3, 0.4) is 0 Å². The Labute approximate surface area is 135 Å². The number of rotatable bonds is 10. The van der Waals surface area contributed by atoms with Gasteiger partial charge in [-0.15, -0.1) is 0 Å². The van der Waals surface area contributed by atoms with E-state index < -0.39 is 0 Å². The van der Waals surface area contributed by atoms with Crippen molar-refractivity contribution in [3.63, 3.8) is 0 Å². The van der Waals surface area contributed by atoms with Crippen LogP contribution in [0.25, 0.3) is 0 Å². The summed E-state index contributed by atoms with van der Waals surface area (Å²) < 4.78 is 5.54. The molecule has 1 aromatic carbocycles. The van der Waals surface area contributed by atoms with Crippen LogP contribution in [-0.4, -0.2) is 12.1 Å². The molecule has 0 saturated heterocycles. The molecule has 2 heteroatoms. The summed E-state index contributed by atoms with van der Waals surface area (Å²) in [4.78, 5) is 11.7. The lowest BCUT2D eigenvalue weighted by Gasteiger charge is -2.20. The molecule has 2 nitrogen and oxygen atoms in total. The molecule has 0 aliphatic carbocycles. The van der Waals surface area contributed by atoms with E-state index >= 15 is 0 Å². The molecular weight excluding hydrogens is 272 g/mol. The van der Waals surface area contributed by atoms with Crippen molar-refractivity contribution in [3.05, 3.63) is 48.0 Å². The minimum Gasteiger partial charge on any atom is -0.459 e. The zero-order valence-electron chi connectivity index (χ0n) is 14.3. The Morgan fingerprint density at radius 2 is 1.82 bits per heavy atom. The molecule has 0 heterocycles. The van der Waals surface area contributed by atoms with Crippen molar-refractivity contribution in [2.75, 3.05) is 0 Å². The highest BCUT2D eigenvalue weighted by atomic mass is 16.5. The molecule has 0 amide bonds. The minimum atomic E-state index is -0.256. The van der Waals surface area contributed by atoms with Crippen molar-refractivity contribution in [2.45, 2.75) is 71.3 Å². The summed E-state index contributed by atoms with van der Waals surface area (Å²) in [6.07, 6.45) is 6.31. The second-order valence-electron chi connectivity index (χ2n) is 6.04. The number of carbonyl (C=O) groups is 1. The van der Waals surface area contributed by atoms with Gasteiger partial charge in [0.25, 0.3) is 0 Å². The first kappa shape index (κ1) is 18.5. The fourth-order valence-corrected chi connectivity index (χ4v) is 2.76. The fourth-order valence-electron chi connectivity index (χ4n) is 2.76. The van der Waals surface area contributed by atoms with E-state index in [0.717, 1.165) is 38.5 Å². The quantitative estimate of drug-likeness (QED) is 0.413. The molecule has 0 aliphatic heterocycles. The molecule has 0 aromatic heterocycles. The predicted octanol–water partition coefficient (Wildman–Crippen LogP) is 5.64. The zero-order chi connectivity index (χ0) is 16.4. The number of hydrogen-bond acceptors (Lipinski definition) is 2. The predicted molar refractivity (Wildman–Crippen MR) is 92.9 cm³/mol. The van der Waals surface area contributed by atoms with Gasteiger partial charge in [-0.05, 0) is 50.5 Å². The molecule has 22 heavy (non-hydrogen) atoms. The molecule has 122 valence electrons. The molecule has 0 bridgehead atoms. The first-order valence-electron chi connectivity index (χ1n) is 8.49. The number of carbonyl (C=O) groups excluding carboxylic acids is 1. The summed E-state index contributed by atoms with van der Waals surface area (Å²) >= 11 is 0. The van der Waals surface area contributed by atoms with Crippen LogP contribution in [0.1, 0.15) is 70.8 Å². The molecule has 0 spiro atoms. The topological polar surface area (TPSA) is 26.3 Å². The zero-order valence-corrected chi connectivity index (χ0v) is 14.3. The molecule has 0 N–H and O–H groups in total. The molecule has 2 unspecified atom stereocenters. The van der Waals surface area contributed by atoms with Gasteiger partial charge in [-0.25, -0.2) is 4.79 Å². The summed E-state index contributed by atoms with van der Waals surface area (Å²) in [6, 6.07) is 10.7. The monoisotopic (exact) mass is 302 g/mol. The lowest BCUT2D eigenvalue weighted by Crippen LogP contribution is -2.18. The van der Waals surface area contributed by atoms with Gasteiger partial charge < -0.3 is 4.74 Å². The van der Waals surface area contributed by atoms with Gasteiger partial charge in [0, 0.05) is 5.57 Å². The van der Waals surface area contributed by atoms with Crippen molar-refractivity contribution in [1.29, 1.82) is 0 Å². The van der Waals surface area contributed by atoms with Gasteiger partial charge in [0.05, 0.1) is 0 Å². The average Bonchev–Trinajstić information content (AvgIpc) is 2.52. The smallest absolute Gasteiger partial charge is 0.333 e. The van der Waals surface area contributed by atoms with Gasteiger partial charge in [-0.2, -0.15) is 0 Å². The van der Waals surface area contributed by atoms with Crippen molar-refractivity contribution in [1.82, 2.24) is 0 Å². The second-order valence-corrected chi connectivity index (χ2v) is 6.04. The Bertz CT molecular complexity index is 450. The van der Waals surface area contributed by atoms with E-state index in [1.54, 1.807) is 6.92 Å². The third-order valence-electron chi connectivity index (χ3n) is 4.08. The van der Waals surface area contributed by atoms with Crippen LogP contribution in [0.15, 0.2) is 42.5 Å². The average molecular weight is 302 g/mol. The second kappa shape index (κ2) is 10.2. The van der Waals surface area contributed by atoms with Gasteiger partial charge >= 0.3 is 5.97 Å². The number of ether oxygens (including phenoxy) is 1. The van der Waals surface area contributed by atoms with Gasteiger partial charge in [-0.1, -0.05) is 57.2 Å². The molecule has 1 rings (SSSR count). The van der Waals surface area contributed by atoms with Crippen LogP contribution in [0, 0.1) is 0 Å². The summed E-state index contributed by atoms with van der Waals surface area (Å²) in [7, 11) is 0. The van der Waals surface area contributed by atoms with E-state index in [0.29, 0.717) is 11.5 Å². The Balaban J connectivity index is 2.47. The molecule has 0 fully saturated rings. The number of benzene rings is 1. The van der Waals surface area contributed by atoms with Gasteiger partial charge in [-0.3, -0.25) is 0 Å². The van der Waals surface area contributed by atoms with Crippen LogP contribution >= 0.6 is 0 Å². The van der Waals surface area contributed by atoms with Gasteiger partial charge in [0.15, 0.2) is 0 Å². The Hall–Kier alpha value is -1.57. The third kappa shape index (κ3) is 6.46. The van der Waals surface area contributed by atoms with Crippen molar-refractivity contribution >= 4 is 5.97 Å². The SMILES string of the molecule is C=C(C)C(=O)OC(CCC)CCCC(CC)c1ccccc1. The molecular formula is C20H30O2. The maximum Gasteiger partial charge on any atom is 0.333 e. The van der Waals surface area contributed by atoms with E-state index in [4.69, 9.17) is 4.74 Å². The van der Waals surface area contributed by atoms with Crippen molar-refractivity contribution in [3.8, 4) is 0 Å². The Morgan fingerprint density at radius 1 is 1.14 bits per heavy atom. The summed E-state index contributed by atoms with van der Waals surface area (Å²) in [5.74, 6) is 0.342. The lowest BCUT2D eigenvalue weighted by atomic mass is 9.90. The summed E-state index contributed by atoms with van der Waals surface area (Å²) in [5.41, 5.74) is 1.90. The molecule has 0 aliphatic rings. The van der Waals surface area contributed by atoms with E-state index in [9.17, 15) is 4.79 Å². The Morgan fingerprint density at radius 3 is 2.36 bits per heavy atom. The number of hydrogen-bond donors (Lipinski definition) is 0. The van der Waals surface area contributed by atoms with Gasteiger partial charge in [0.1, 0.15) is 6.10 Å². The first-order chi connectivity index (χ1) is 10.6. The van der Waals surface area contributed by atoms with Crippen LogP contribution in [0.5, 0.6) is 0 Å². The lowest BCUT2D eigenvalue weighted by molar-refractivity contribution is -0.144. The van der Waals surface area contributed by atoms with E-state index in [1.807, 2.05) is 0 Å². The van der Waals surface area contributed by atoms with E-state index in [-0.39, 0.29) is 12.1 Å². The summed E-state index contributed by atoms with van der Waals surface area (Å²) in [6.45, 7) is 9.72. The highest BCUT2D eigenvalue weighted by molar-refractivity contribution is 5.87. The van der Waals surface area contributed by atoms with E-state index in [2.05, 4.69) is 50.8 Å². The standard InChI is InChI=1S/C20H30O2/c1-5-11-19(22-20(21)16(3)4)15-10-14-17(6-2)18-12-8-7-9-13-18/h7-9,12-13,17,19H,3,5-6,10-11,14-15H2,1-2,4H3. The molecule has 1 aromatic rings. The third-order valence-corrected chi connectivity index (χ3v) is 4.08. The van der Waals surface area contributed by atoms with Crippen LogP contribution < -0.4 is 0 Å². The van der Waals surface area contributed by atoms with Crippen molar-refractivity contribution < 1.29 is 9.53 Å². The first-order valence-corrected chi connectivity index (χ1v) is 8.49. The Kier molecular flexibility index (Phi) is 8.57. The molecule has 0 saturated carbocycles. The van der Waals surface area contributed by atoms with Crippen LogP contribution in [0.4, 0.5) is 0 Å². The maximum absolute atomic E-state index is 11.7. The van der Waals surface area contributed by atoms with Crippen LogP contribution in [0.2, 0.25) is 0 Å². The van der Waals surface area contributed by atoms with Crippen molar-refractivity contribution in [2.24, 2.45) is 0 Å². The minimum absolute atomic E-state index is 0.0301. The fraction of sp³-hybridized carbons (Fsp3) is 0.550. The molecule has 0 radical (unpaired) electrons. The molecule has 2 atom stereocenters. The van der Waals surface area contributed by atoms with Crippen LogP contribution in [-0.2, 0) is 9.53 Å². The number of esters is 1. The largest absolute Gasteiger partial charge is 0.459 e. The maximum atomic E-state index is 11.7. The highest BCUT2D eigenvalue weighted by Gasteiger charge is 2.15. The summed E-state index contributed by atoms with van der Waals surface area (Å²) in [5, 5.41) is 0. The van der Waals surface area contributed by atoms with Gasteiger partial charge in [0.2, 0.25) is 0 Å². The normalized spacial score (nSPS) is 13.4.